The zero-order valence-electron chi connectivity index (χ0n) is 16.3. The summed E-state index contributed by atoms with van der Waals surface area (Å²) in [5.41, 5.74) is 3.51. The van der Waals surface area contributed by atoms with Gasteiger partial charge >= 0.3 is 5.97 Å². The van der Waals surface area contributed by atoms with Crippen LogP contribution in [-0.2, 0) is 9.59 Å². The van der Waals surface area contributed by atoms with Crippen LogP contribution in [0.15, 0.2) is 42.5 Å². The van der Waals surface area contributed by atoms with Gasteiger partial charge in [-0.3, -0.25) is 4.79 Å². The number of hydrogen-bond acceptors (Lipinski definition) is 6. The minimum absolute atomic E-state index is 0.0877. The van der Waals surface area contributed by atoms with Crippen LogP contribution in [0, 0.1) is 10.7 Å². The number of nitrogens with zero attached hydrogens (tertiary/aromatic N) is 1. The number of rotatable bonds is 7. The van der Waals surface area contributed by atoms with Crippen LogP contribution in [0.4, 0.5) is 11.4 Å². The molecule has 0 aliphatic carbocycles. The van der Waals surface area contributed by atoms with Crippen molar-refractivity contribution in [3.8, 4) is 5.75 Å². The van der Waals surface area contributed by atoms with E-state index in [0.717, 1.165) is 22.4 Å². The number of carbonyl (C=O) groups excluding carboxylic acids is 1. The number of hydrogen-bond donors (Lipinski definition) is 4. The standard InChI is InChI=1S/C21H22N4O4S/c1-12(26)16-8-9-25(19(16)20(27)28)14-3-5-15(6-4-14)29-11-22-13-2-7-17-18(10-13)24-21(30)23-17/h2-7,10,16,19,22H,8-9,11H2,1H3,(H,27,28)(H2,23,24,30). The Labute approximate surface area is 177 Å². The zero-order chi connectivity index (χ0) is 21.3. The highest BCUT2D eigenvalue weighted by Gasteiger charge is 2.41. The van der Waals surface area contributed by atoms with E-state index in [9.17, 15) is 14.7 Å². The van der Waals surface area contributed by atoms with E-state index in [-0.39, 0.29) is 12.5 Å². The van der Waals surface area contributed by atoms with E-state index in [1.807, 2.05) is 30.3 Å². The van der Waals surface area contributed by atoms with Gasteiger partial charge in [0.2, 0.25) is 0 Å². The summed E-state index contributed by atoms with van der Waals surface area (Å²) in [4.78, 5) is 31.4. The monoisotopic (exact) mass is 426 g/mol. The van der Waals surface area contributed by atoms with Gasteiger partial charge in [-0.05, 0) is 68.0 Å². The molecule has 4 N–H and O–H groups in total. The Kier molecular flexibility index (Phi) is 5.45. The summed E-state index contributed by atoms with van der Waals surface area (Å²) in [6.45, 7) is 2.26. The quantitative estimate of drug-likeness (QED) is 0.338. The molecule has 1 aliphatic heterocycles. The first-order valence-electron chi connectivity index (χ1n) is 9.61. The number of anilines is 2. The lowest BCUT2D eigenvalue weighted by atomic mass is 9.96. The Morgan fingerprint density at radius 3 is 2.63 bits per heavy atom. The number of carbonyl (C=O) groups is 2. The highest BCUT2D eigenvalue weighted by Crippen LogP contribution is 2.31. The highest BCUT2D eigenvalue weighted by molar-refractivity contribution is 7.71. The second kappa shape index (κ2) is 8.19. The molecule has 8 nitrogen and oxygen atoms in total. The number of aliphatic carboxylic acids is 1. The summed E-state index contributed by atoms with van der Waals surface area (Å²) in [5.74, 6) is -0.885. The molecular formula is C21H22N4O4S. The van der Waals surface area contributed by atoms with Crippen molar-refractivity contribution in [1.82, 2.24) is 9.97 Å². The van der Waals surface area contributed by atoms with Crippen molar-refractivity contribution in [2.45, 2.75) is 19.4 Å². The van der Waals surface area contributed by atoms with E-state index in [0.29, 0.717) is 23.5 Å². The molecule has 2 atom stereocenters. The number of fused-ring (bicyclic) bond motifs is 1. The number of imidazole rings is 1. The molecule has 30 heavy (non-hydrogen) atoms. The summed E-state index contributed by atoms with van der Waals surface area (Å²) in [6, 6.07) is 12.2. The predicted molar refractivity (Wildman–Crippen MR) is 117 cm³/mol. The average molecular weight is 426 g/mol. The fourth-order valence-electron chi connectivity index (χ4n) is 3.89. The van der Waals surface area contributed by atoms with Crippen LogP contribution in [0.3, 0.4) is 0 Å². The number of benzene rings is 2. The smallest absolute Gasteiger partial charge is 0.327 e. The summed E-state index contributed by atoms with van der Waals surface area (Å²) in [7, 11) is 0. The molecule has 9 heteroatoms. The fraction of sp³-hybridized carbons (Fsp3) is 0.286. The Hall–Kier alpha value is -3.33. The maximum atomic E-state index is 11.8. The van der Waals surface area contributed by atoms with Crippen molar-refractivity contribution in [3.63, 3.8) is 0 Å². The minimum Gasteiger partial charge on any atom is -0.480 e. The average Bonchev–Trinajstić information content (AvgIpc) is 3.31. The van der Waals surface area contributed by atoms with Crippen LogP contribution in [0.1, 0.15) is 13.3 Å². The van der Waals surface area contributed by atoms with Crippen molar-refractivity contribution in [2.75, 3.05) is 23.5 Å². The maximum absolute atomic E-state index is 11.8. The van der Waals surface area contributed by atoms with Gasteiger partial charge in [-0.1, -0.05) is 0 Å². The third kappa shape index (κ3) is 4.02. The molecule has 0 spiro atoms. The molecule has 1 saturated heterocycles. The number of Topliss-reactive ketones (excluding diaryl/α,β-unsaturated/α-hetero) is 1. The molecule has 2 unspecified atom stereocenters. The van der Waals surface area contributed by atoms with Crippen LogP contribution in [0.5, 0.6) is 5.75 Å². The van der Waals surface area contributed by atoms with E-state index >= 15 is 0 Å². The second-order valence-corrected chi connectivity index (χ2v) is 7.69. The number of ether oxygens (including phenoxy) is 1. The number of nitrogens with one attached hydrogen (secondary N) is 3. The van der Waals surface area contributed by atoms with Crippen molar-refractivity contribution in [2.24, 2.45) is 5.92 Å². The van der Waals surface area contributed by atoms with Gasteiger partial charge in [0.05, 0.1) is 17.0 Å². The molecule has 2 aromatic carbocycles. The first-order valence-corrected chi connectivity index (χ1v) is 10.0. The van der Waals surface area contributed by atoms with Gasteiger partial charge in [-0.15, -0.1) is 0 Å². The van der Waals surface area contributed by atoms with Crippen LogP contribution in [-0.4, -0.2) is 46.1 Å². The number of carboxylic acids is 1. The lowest BCUT2D eigenvalue weighted by molar-refractivity contribution is -0.141. The van der Waals surface area contributed by atoms with Gasteiger partial charge < -0.3 is 30.0 Å². The molecule has 0 saturated carbocycles. The number of carboxylic acid groups (broad SMARTS) is 1. The Bertz CT molecular complexity index is 1140. The van der Waals surface area contributed by atoms with Gasteiger partial charge in [0.25, 0.3) is 0 Å². The number of ketones is 1. The van der Waals surface area contributed by atoms with E-state index in [1.54, 1.807) is 17.0 Å². The second-order valence-electron chi connectivity index (χ2n) is 7.28. The predicted octanol–water partition coefficient (Wildman–Crippen LogP) is 3.54. The van der Waals surface area contributed by atoms with Crippen molar-refractivity contribution >= 4 is 46.4 Å². The normalized spacial score (nSPS) is 18.5. The summed E-state index contributed by atoms with van der Waals surface area (Å²) in [5, 5.41) is 12.8. The van der Waals surface area contributed by atoms with Crippen molar-refractivity contribution < 1.29 is 19.4 Å². The molecule has 0 bridgehead atoms. The van der Waals surface area contributed by atoms with E-state index in [1.165, 1.54) is 6.92 Å². The summed E-state index contributed by atoms with van der Waals surface area (Å²) >= 11 is 5.09. The SMILES string of the molecule is CC(=O)C1CCN(c2ccc(OCNc3ccc4[nH]c(=S)[nH]c4c3)cc2)C1C(=O)O. The fourth-order valence-corrected chi connectivity index (χ4v) is 4.11. The Morgan fingerprint density at radius 1 is 1.20 bits per heavy atom. The first kappa shape index (κ1) is 20.0. The van der Waals surface area contributed by atoms with Crippen molar-refractivity contribution in [3.05, 3.63) is 47.2 Å². The van der Waals surface area contributed by atoms with Crippen LogP contribution < -0.4 is 15.0 Å². The third-order valence-electron chi connectivity index (χ3n) is 5.37. The minimum atomic E-state index is -0.975. The zero-order valence-corrected chi connectivity index (χ0v) is 17.2. The van der Waals surface area contributed by atoms with Crippen LogP contribution in [0.2, 0.25) is 0 Å². The molecule has 1 aliphatic rings. The first-order chi connectivity index (χ1) is 14.4. The Morgan fingerprint density at radius 2 is 1.93 bits per heavy atom. The Balaban J connectivity index is 1.38. The number of H-pyrrole nitrogens is 2. The molecule has 4 rings (SSSR count). The largest absolute Gasteiger partial charge is 0.480 e. The van der Waals surface area contributed by atoms with E-state index in [4.69, 9.17) is 17.0 Å². The van der Waals surface area contributed by atoms with Crippen LogP contribution >= 0.6 is 12.2 Å². The molecule has 1 fully saturated rings. The van der Waals surface area contributed by atoms with Gasteiger partial charge in [0, 0.05) is 17.9 Å². The topological polar surface area (TPSA) is 110 Å². The van der Waals surface area contributed by atoms with Gasteiger partial charge in [-0.2, -0.15) is 0 Å². The van der Waals surface area contributed by atoms with Gasteiger partial charge in [0.15, 0.2) is 11.5 Å². The van der Waals surface area contributed by atoms with E-state index < -0.39 is 17.9 Å². The molecule has 0 radical (unpaired) electrons. The summed E-state index contributed by atoms with van der Waals surface area (Å²) < 4.78 is 6.32. The van der Waals surface area contributed by atoms with Crippen molar-refractivity contribution in [1.29, 1.82) is 0 Å². The molecule has 2 heterocycles. The molecule has 156 valence electrons. The molecular weight excluding hydrogens is 404 g/mol. The lowest BCUT2D eigenvalue weighted by Gasteiger charge is -2.26. The maximum Gasteiger partial charge on any atom is 0.327 e. The van der Waals surface area contributed by atoms with Gasteiger partial charge in [0.1, 0.15) is 17.6 Å². The summed E-state index contributed by atoms with van der Waals surface area (Å²) in [6.07, 6.45) is 0.546. The van der Waals surface area contributed by atoms with E-state index in [2.05, 4.69) is 15.3 Å². The van der Waals surface area contributed by atoms with Crippen LogP contribution in [0.25, 0.3) is 11.0 Å². The molecule has 1 aromatic heterocycles. The number of aromatic amines is 2. The molecule has 3 aromatic rings. The van der Waals surface area contributed by atoms with Gasteiger partial charge in [-0.25, -0.2) is 4.79 Å². The number of aromatic nitrogens is 2. The highest BCUT2D eigenvalue weighted by atomic mass is 32.1. The lowest BCUT2D eigenvalue weighted by Crippen LogP contribution is -2.41. The molecule has 0 amide bonds. The third-order valence-corrected chi connectivity index (χ3v) is 5.58.